The number of hydrogen-bond donors (Lipinski definition) is 1. The molecule has 0 radical (unpaired) electrons. The van der Waals surface area contributed by atoms with Crippen molar-refractivity contribution >= 4 is 28.4 Å². The third kappa shape index (κ3) is 4.36. The summed E-state index contributed by atoms with van der Waals surface area (Å²) >= 11 is 0. The van der Waals surface area contributed by atoms with E-state index in [0.717, 1.165) is 16.5 Å². The first-order chi connectivity index (χ1) is 17.0. The highest BCUT2D eigenvalue weighted by Crippen LogP contribution is 2.41. The van der Waals surface area contributed by atoms with Crippen LogP contribution in [0.5, 0.6) is 5.75 Å². The molecule has 0 saturated carbocycles. The zero-order valence-electron chi connectivity index (χ0n) is 20.2. The molecule has 1 aromatic heterocycles. The molecule has 182 valence electrons. The fraction of sp³-hybridized carbons (Fsp3) is 0.393. The van der Waals surface area contributed by atoms with E-state index in [1.165, 1.54) is 0 Å². The molecule has 0 bridgehead atoms. The summed E-state index contributed by atoms with van der Waals surface area (Å²) in [4.78, 5) is 33.6. The van der Waals surface area contributed by atoms with Crippen molar-refractivity contribution in [1.82, 2.24) is 10.3 Å². The van der Waals surface area contributed by atoms with Gasteiger partial charge in [0.25, 0.3) is 5.91 Å². The molecular formula is C28H31N3O4. The first-order valence-corrected chi connectivity index (χ1v) is 12.3. The van der Waals surface area contributed by atoms with E-state index in [0.29, 0.717) is 50.5 Å². The molecule has 2 atom stereocenters. The molecule has 2 aliphatic heterocycles. The van der Waals surface area contributed by atoms with Crippen LogP contribution in [0.25, 0.3) is 10.9 Å². The Morgan fingerprint density at radius 2 is 1.89 bits per heavy atom. The Morgan fingerprint density at radius 3 is 2.69 bits per heavy atom. The number of anilines is 1. The largest absolute Gasteiger partial charge is 0.482 e. The molecular weight excluding hydrogens is 442 g/mol. The minimum atomic E-state index is -0.871. The SMILES string of the molecule is CC[C@@H](C)C(=O)N[C@@H]1C(=O)N(Cc2ccnc3ccccc23)c2ccccc2OC12CCOCC2. The van der Waals surface area contributed by atoms with Crippen LogP contribution in [-0.4, -0.2) is 41.7 Å². The van der Waals surface area contributed by atoms with Gasteiger partial charge >= 0.3 is 0 Å². The number of hydrogen-bond acceptors (Lipinski definition) is 5. The van der Waals surface area contributed by atoms with Crippen molar-refractivity contribution in [2.24, 2.45) is 5.92 Å². The number of nitrogens with one attached hydrogen (secondary N) is 1. The van der Waals surface area contributed by atoms with Crippen molar-refractivity contribution in [2.75, 3.05) is 18.1 Å². The van der Waals surface area contributed by atoms with Crippen LogP contribution in [0.3, 0.4) is 0 Å². The lowest BCUT2D eigenvalue weighted by Gasteiger charge is -2.41. The lowest BCUT2D eigenvalue weighted by molar-refractivity contribution is -0.138. The van der Waals surface area contributed by atoms with Crippen molar-refractivity contribution in [1.29, 1.82) is 0 Å². The molecule has 3 aromatic rings. The highest BCUT2D eigenvalue weighted by Gasteiger charge is 2.51. The minimum absolute atomic E-state index is 0.138. The molecule has 2 aromatic carbocycles. The summed E-state index contributed by atoms with van der Waals surface area (Å²) in [7, 11) is 0. The summed E-state index contributed by atoms with van der Waals surface area (Å²) in [6, 6.07) is 16.6. The van der Waals surface area contributed by atoms with Gasteiger partial charge in [-0.2, -0.15) is 0 Å². The Kier molecular flexibility index (Phi) is 6.43. The summed E-state index contributed by atoms with van der Waals surface area (Å²) in [6.07, 6.45) is 3.50. The molecule has 1 N–H and O–H groups in total. The number of rotatable bonds is 5. The minimum Gasteiger partial charge on any atom is -0.482 e. The lowest BCUT2D eigenvalue weighted by Crippen LogP contribution is -2.64. The maximum absolute atomic E-state index is 14.3. The Morgan fingerprint density at radius 1 is 1.14 bits per heavy atom. The molecule has 0 aliphatic carbocycles. The second-order valence-corrected chi connectivity index (χ2v) is 9.41. The molecule has 7 nitrogen and oxygen atoms in total. The second kappa shape index (κ2) is 9.66. The Bertz CT molecular complexity index is 1230. The quantitative estimate of drug-likeness (QED) is 0.600. The van der Waals surface area contributed by atoms with Gasteiger partial charge in [-0.1, -0.05) is 44.2 Å². The third-order valence-corrected chi connectivity index (χ3v) is 7.26. The highest BCUT2D eigenvalue weighted by molar-refractivity contribution is 6.02. The third-order valence-electron chi connectivity index (χ3n) is 7.26. The molecule has 1 fully saturated rings. The number of fused-ring (bicyclic) bond motifs is 2. The molecule has 35 heavy (non-hydrogen) atoms. The van der Waals surface area contributed by atoms with Gasteiger partial charge in [-0.3, -0.25) is 14.6 Å². The van der Waals surface area contributed by atoms with Crippen molar-refractivity contribution in [3.8, 4) is 5.75 Å². The van der Waals surface area contributed by atoms with Crippen LogP contribution in [0.2, 0.25) is 0 Å². The first kappa shape index (κ1) is 23.3. The summed E-state index contributed by atoms with van der Waals surface area (Å²) in [5.74, 6) is 0.124. The van der Waals surface area contributed by atoms with E-state index in [-0.39, 0.29) is 17.7 Å². The van der Waals surface area contributed by atoms with Gasteiger partial charge in [-0.25, -0.2) is 0 Å². The van der Waals surface area contributed by atoms with Crippen LogP contribution < -0.4 is 15.0 Å². The molecule has 5 rings (SSSR count). The molecule has 1 saturated heterocycles. The smallest absolute Gasteiger partial charge is 0.254 e. The predicted octanol–water partition coefficient (Wildman–Crippen LogP) is 4.24. The maximum atomic E-state index is 14.3. The molecule has 3 heterocycles. The first-order valence-electron chi connectivity index (χ1n) is 12.3. The van der Waals surface area contributed by atoms with Gasteiger partial charge < -0.3 is 19.7 Å². The van der Waals surface area contributed by atoms with Gasteiger partial charge in [0.1, 0.15) is 17.4 Å². The highest BCUT2D eigenvalue weighted by atomic mass is 16.5. The number of ether oxygens (including phenoxy) is 2. The molecule has 2 aliphatic rings. The van der Waals surface area contributed by atoms with E-state index in [1.54, 1.807) is 11.1 Å². The Balaban J connectivity index is 1.60. The summed E-state index contributed by atoms with van der Waals surface area (Å²) in [6.45, 7) is 5.13. The number of para-hydroxylation sites is 3. The van der Waals surface area contributed by atoms with E-state index in [4.69, 9.17) is 9.47 Å². The van der Waals surface area contributed by atoms with Crippen molar-refractivity contribution in [3.05, 3.63) is 66.4 Å². The van der Waals surface area contributed by atoms with E-state index < -0.39 is 11.6 Å². The number of carbonyl (C=O) groups is 2. The standard InChI is InChI=1S/C28H31N3O4/c1-3-19(2)26(32)30-25-27(33)31(18-20-12-15-29-22-9-5-4-8-21(20)22)23-10-6-7-11-24(23)35-28(25)13-16-34-17-14-28/h4-12,15,19,25H,3,13-14,16-18H2,1-2H3,(H,30,32)/t19-,25-/m1/s1. The number of aromatic nitrogens is 1. The molecule has 2 amide bonds. The zero-order chi connectivity index (χ0) is 24.4. The van der Waals surface area contributed by atoms with E-state index in [9.17, 15) is 9.59 Å². The molecule has 0 unspecified atom stereocenters. The molecule has 1 spiro atoms. The van der Waals surface area contributed by atoms with Gasteiger partial charge in [-0.05, 0) is 36.2 Å². The Labute approximate surface area is 205 Å². The number of pyridine rings is 1. The average Bonchev–Trinajstić information content (AvgIpc) is 2.98. The summed E-state index contributed by atoms with van der Waals surface area (Å²) in [5, 5.41) is 4.08. The van der Waals surface area contributed by atoms with Crippen LogP contribution >= 0.6 is 0 Å². The van der Waals surface area contributed by atoms with Crippen LogP contribution in [-0.2, 0) is 20.9 Å². The topological polar surface area (TPSA) is 80.8 Å². The van der Waals surface area contributed by atoms with Crippen molar-refractivity contribution < 1.29 is 19.1 Å². The van der Waals surface area contributed by atoms with Gasteiger partial charge in [0.05, 0.1) is 31.0 Å². The average molecular weight is 474 g/mol. The number of benzene rings is 2. The van der Waals surface area contributed by atoms with E-state index >= 15 is 0 Å². The van der Waals surface area contributed by atoms with Crippen molar-refractivity contribution in [2.45, 2.75) is 51.3 Å². The molecule has 7 heteroatoms. The number of nitrogens with zero attached hydrogens (tertiary/aromatic N) is 2. The Hall–Kier alpha value is -3.45. The van der Waals surface area contributed by atoms with Crippen LogP contribution in [0.4, 0.5) is 5.69 Å². The van der Waals surface area contributed by atoms with E-state index in [1.807, 2.05) is 68.4 Å². The fourth-order valence-electron chi connectivity index (χ4n) is 4.94. The van der Waals surface area contributed by atoms with E-state index in [2.05, 4.69) is 10.3 Å². The number of carbonyl (C=O) groups excluding carboxylic acids is 2. The van der Waals surface area contributed by atoms with Crippen LogP contribution in [0.1, 0.15) is 38.7 Å². The summed E-state index contributed by atoms with van der Waals surface area (Å²) < 4.78 is 12.3. The normalized spacial score (nSPS) is 20.1. The predicted molar refractivity (Wildman–Crippen MR) is 134 cm³/mol. The zero-order valence-corrected chi connectivity index (χ0v) is 20.2. The van der Waals surface area contributed by atoms with Gasteiger partial charge in [0.15, 0.2) is 0 Å². The van der Waals surface area contributed by atoms with Gasteiger partial charge in [-0.15, -0.1) is 0 Å². The maximum Gasteiger partial charge on any atom is 0.254 e. The summed E-state index contributed by atoms with van der Waals surface area (Å²) in [5.41, 5.74) is 1.68. The monoisotopic (exact) mass is 473 g/mol. The van der Waals surface area contributed by atoms with Crippen LogP contribution in [0.15, 0.2) is 60.8 Å². The second-order valence-electron chi connectivity index (χ2n) is 9.41. The van der Waals surface area contributed by atoms with Gasteiger partial charge in [0, 0.05) is 30.3 Å². The van der Waals surface area contributed by atoms with Crippen LogP contribution in [0, 0.1) is 5.92 Å². The number of amides is 2. The lowest BCUT2D eigenvalue weighted by atomic mass is 9.84. The van der Waals surface area contributed by atoms with Gasteiger partial charge in [0.2, 0.25) is 5.91 Å². The van der Waals surface area contributed by atoms with Crippen molar-refractivity contribution in [3.63, 3.8) is 0 Å². The fourth-order valence-corrected chi connectivity index (χ4v) is 4.94.